The van der Waals surface area contributed by atoms with Crippen LogP contribution in [0.5, 0.6) is 0 Å². The van der Waals surface area contributed by atoms with Crippen LogP contribution >= 0.6 is 11.8 Å². The summed E-state index contributed by atoms with van der Waals surface area (Å²) in [7, 11) is 0. The van der Waals surface area contributed by atoms with Crippen LogP contribution in [0, 0.1) is 6.92 Å². The molecule has 4 N–H and O–H groups in total. The number of carbonyl (C=O) groups excluding carboxylic acids is 3. The fourth-order valence-corrected chi connectivity index (χ4v) is 4.54. The first-order valence-corrected chi connectivity index (χ1v) is 13.6. The molecule has 0 atom stereocenters. The zero-order valence-corrected chi connectivity index (χ0v) is 22.9. The Hall–Kier alpha value is -5.15. The quantitative estimate of drug-likeness (QED) is 0.142. The number of anilines is 2. The van der Waals surface area contributed by atoms with Crippen LogP contribution < -0.4 is 16.0 Å². The number of amides is 3. The van der Waals surface area contributed by atoms with Crippen LogP contribution in [0.4, 0.5) is 11.4 Å². The maximum atomic E-state index is 13.3. The van der Waals surface area contributed by atoms with E-state index in [1.165, 1.54) is 23.9 Å². The van der Waals surface area contributed by atoms with Gasteiger partial charge in [0, 0.05) is 21.8 Å². The largest absolute Gasteiger partial charge is 0.478 e. The second kappa shape index (κ2) is 13.8. The van der Waals surface area contributed by atoms with Crippen LogP contribution in [0.2, 0.25) is 0 Å². The van der Waals surface area contributed by atoms with Crippen molar-refractivity contribution in [3.05, 3.63) is 131 Å². The molecule has 0 saturated heterocycles. The molecule has 4 aromatic rings. The average molecular weight is 566 g/mol. The normalized spacial score (nSPS) is 10.9. The first-order chi connectivity index (χ1) is 19.8. The zero-order valence-electron chi connectivity index (χ0n) is 22.1. The predicted molar refractivity (Wildman–Crippen MR) is 161 cm³/mol. The van der Waals surface area contributed by atoms with Gasteiger partial charge in [-0.15, -0.1) is 11.8 Å². The number of rotatable bonds is 10. The third kappa shape index (κ3) is 8.42. The van der Waals surface area contributed by atoms with Crippen molar-refractivity contribution in [2.24, 2.45) is 0 Å². The molecule has 0 heterocycles. The molecule has 0 unspecified atom stereocenters. The smallest absolute Gasteiger partial charge is 0.335 e. The van der Waals surface area contributed by atoms with E-state index in [2.05, 4.69) is 16.0 Å². The summed E-state index contributed by atoms with van der Waals surface area (Å²) in [6.07, 6.45) is 1.63. The predicted octanol–water partition coefficient (Wildman–Crippen LogP) is 5.83. The van der Waals surface area contributed by atoms with Gasteiger partial charge in [-0.2, -0.15) is 0 Å². The molecule has 0 aliphatic rings. The van der Waals surface area contributed by atoms with E-state index < -0.39 is 17.8 Å². The highest BCUT2D eigenvalue weighted by Gasteiger charge is 2.16. The number of carbonyl (C=O) groups is 4. The van der Waals surface area contributed by atoms with Crippen LogP contribution in [0.1, 0.15) is 31.8 Å². The zero-order chi connectivity index (χ0) is 29.2. The number of carboxylic acid groups (broad SMARTS) is 1. The molecule has 0 aliphatic heterocycles. The van der Waals surface area contributed by atoms with Crippen LogP contribution in [-0.2, 0) is 9.59 Å². The lowest BCUT2D eigenvalue weighted by Crippen LogP contribution is -2.30. The molecule has 0 fully saturated rings. The highest BCUT2D eigenvalue weighted by molar-refractivity contribution is 8.00. The first kappa shape index (κ1) is 28.8. The Morgan fingerprint density at radius 3 is 2.15 bits per heavy atom. The van der Waals surface area contributed by atoms with E-state index in [1.807, 2.05) is 31.2 Å². The van der Waals surface area contributed by atoms with Gasteiger partial charge in [-0.3, -0.25) is 14.4 Å². The summed E-state index contributed by atoms with van der Waals surface area (Å²) >= 11 is 1.26. The fourth-order valence-electron chi connectivity index (χ4n) is 3.78. The molecule has 0 aliphatic carbocycles. The van der Waals surface area contributed by atoms with E-state index in [0.717, 1.165) is 16.0 Å². The van der Waals surface area contributed by atoms with Gasteiger partial charge in [0.1, 0.15) is 5.70 Å². The maximum Gasteiger partial charge on any atom is 0.335 e. The molecular weight excluding hydrogens is 538 g/mol. The fraction of sp³-hybridized carbons (Fsp3) is 0.0625. The number of hydrogen-bond acceptors (Lipinski definition) is 5. The molecule has 0 bridgehead atoms. The summed E-state index contributed by atoms with van der Waals surface area (Å²) in [5.74, 6) is -2.23. The SMILES string of the molecule is Cc1ccccc1/C=C(\NC(=O)c1ccccc1)C(=O)Nc1cccc(SCC(=O)Nc2cccc(C(=O)O)c2)c1. The minimum absolute atomic E-state index is 0.0697. The van der Waals surface area contributed by atoms with Gasteiger partial charge in [0.05, 0.1) is 11.3 Å². The van der Waals surface area contributed by atoms with Crippen LogP contribution in [0.25, 0.3) is 6.08 Å². The molecule has 0 radical (unpaired) electrons. The van der Waals surface area contributed by atoms with Crippen molar-refractivity contribution in [2.75, 3.05) is 16.4 Å². The monoisotopic (exact) mass is 565 g/mol. The summed E-state index contributed by atoms with van der Waals surface area (Å²) in [6, 6.07) is 29.2. The Kier molecular flexibility index (Phi) is 9.69. The topological polar surface area (TPSA) is 125 Å². The minimum Gasteiger partial charge on any atom is -0.478 e. The summed E-state index contributed by atoms with van der Waals surface area (Å²) < 4.78 is 0. The highest BCUT2D eigenvalue weighted by Crippen LogP contribution is 2.23. The van der Waals surface area contributed by atoms with Crippen LogP contribution in [-0.4, -0.2) is 34.6 Å². The van der Waals surface area contributed by atoms with Gasteiger partial charge >= 0.3 is 5.97 Å². The molecular formula is C32H27N3O5S. The molecule has 0 saturated carbocycles. The number of benzene rings is 4. The van der Waals surface area contributed by atoms with Gasteiger partial charge < -0.3 is 21.1 Å². The second-order valence-electron chi connectivity index (χ2n) is 8.94. The van der Waals surface area contributed by atoms with Crippen LogP contribution in [0.3, 0.4) is 0 Å². The summed E-state index contributed by atoms with van der Waals surface area (Å²) in [5, 5.41) is 17.4. The van der Waals surface area contributed by atoms with Gasteiger partial charge in [0.2, 0.25) is 5.91 Å². The Bertz CT molecular complexity index is 1620. The van der Waals surface area contributed by atoms with Crippen molar-refractivity contribution in [1.29, 1.82) is 0 Å². The number of thioether (sulfide) groups is 1. The molecule has 8 nitrogen and oxygen atoms in total. The summed E-state index contributed by atoms with van der Waals surface area (Å²) in [4.78, 5) is 50.5. The lowest BCUT2D eigenvalue weighted by molar-refractivity contribution is -0.114. The molecule has 4 rings (SSSR count). The summed E-state index contributed by atoms with van der Waals surface area (Å²) in [6.45, 7) is 1.92. The third-order valence-corrected chi connectivity index (χ3v) is 6.87. The molecule has 41 heavy (non-hydrogen) atoms. The number of carboxylic acids is 1. The molecule has 206 valence electrons. The maximum absolute atomic E-state index is 13.3. The van der Waals surface area contributed by atoms with Crippen molar-refractivity contribution in [3.8, 4) is 0 Å². The second-order valence-corrected chi connectivity index (χ2v) is 9.99. The van der Waals surface area contributed by atoms with Crippen molar-refractivity contribution >= 4 is 52.9 Å². The Balaban J connectivity index is 1.44. The molecule has 9 heteroatoms. The van der Waals surface area contributed by atoms with Crippen molar-refractivity contribution in [2.45, 2.75) is 11.8 Å². The van der Waals surface area contributed by atoms with Crippen molar-refractivity contribution < 1.29 is 24.3 Å². The summed E-state index contributed by atoms with van der Waals surface area (Å²) in [5.41, 5.74) is 3.18. The van der Waals surface area contributed by atoms with E-state index >= 15 is 0 Å². The molecule has 3 amide bonds. The lowest BCUT2D eigenvalue weighted by Gasteiger charge is -2.13. The van der Waals surface area contributed by atoms with Gasteiger partial charge in [-0.05, 0) is 72.7 Å². The number of aryl methyl sites for hydroxylation is 1. The van der Waals surface area contributed by atoms with Gasteiger partial charge in [-0.25, -0.2) is 4.79 Å². The van der Waals surface area contributed by atoms with Crippen molar-refractivity contribution in [1.82, 2.24) is 5.32 Å². The number of nitrogens with one attached hydrogen (secondary N) is 3. The van der Waals surface area contributed by atoms with Crippen LogP contribution in [0.15, 0.2) is 114 Å². The Labute approximate surface area is 241 Å². The first-order valence-electron chi connectivity index (χ1n) is 12.6. The highest BCUT2D eigenvalue weighted by atomic mass is 32.2. The van der Waals surface area contributed by atoms with E-state index in [-0.39, 0.29) is 22.9 Å². The van der Waals surface area contributed by atoms with E-state index in [0.29, 0.717) is 16.9 Å². The van der Waals surface area contributed by atoms with Gasteiger partial charge in [0.15, 0.2) is 0 Å². The minimum atomic E-state index is -1.08. The molecule has 0 aromatic heterocycles. The number of hydrogen-bond donors (Lipinski definition) is 4. The molecule has 4 aromatic carbocycles. The standard InChI is InChI=1S/C32H27N3O5S/c1-21-9-5-6-12-23(21)18-28(35-30(37)22-10-3-2-4-11-22)31(38)34-26-15-8-16-27(19-26)41-20-29(36)33-25-14-7-13-24(17-25)32(39)40/h2-19H,20H2,1H3,(H,33,36)(H,34,38)(H,35,37)(H,39,40)/b28-18-. The van der Waals surface area contributed by atoms with E-state index in [4.69, 9.17) is 5.11 Å². The van der Waals surface area contributed by atoms with Crippen molar-refractivity contribution in [3.63, 3.8) is 0 Å². The molecule has 0 spiro atoms. The average Bonchev–Trinajstić information content (AvgIpc) is 2.97. The van der Waals surface area contributed by atoms with Gasteiger partial charge in [0.25, 0.3) is 11.8 Å². The number of aromatic carboxylic acids is 1. The van der Waals surface area contributed by atoms with E-state index in [1.54, 1.807) is 72.8 Å². The Morgan fingerprint density at radius 2 is 1.41 bits per heavy atom. The third-order valence-electron chi connectivity index (χ3n) is 5.87. The van der Waals surface area contributed by atoms with E-state index in [9.17, 15) is 19.2 Å². The lowest BCUT2D eigenvalue weighted by atomic mass is 10.1. The Morgan fingerprint density at radius 1 is 0.756 bits per heavy atom. The van der Waals surface area contributed by atoms with Gasteiger partial charge in [-0.1, -0.05) is 54.6 Å².